The number of nitrogens with zero attached hydrogens (tertiary/aromatic N) is 1. The molecule has 0 radical (unpaired) electrons. The SMILES string of the molecule is CCCCCCCCCCCCCCCCCCOC1(C)NC(=O)C(C#N)=C1C. The van der Waals surface area contributed by atoms with Gasteiger partial charge in [0.2, 0.25) is 0 Å². The summed E-state index contributed by atoms with van der Waals surface area (Å²) >= 11 is 0. The van der Waals surface area contributed by atoms with Crippen molar-refractivity contribution in [2.75, 3.05) is 6.61 Å². The molecule has 4 heteroatoms. The average molecular weight is 405 g/mol. The zero-order valence-electron chi connectivity index (χ0n) is 19.3. The lowest BCUT2D eigenvalue weighted by Crippen LogP contribution is -2.44. The van der Waals surface area contributed by atoms with Crippen LogP contribution in [0.25, 0.3) is 0 Å². The van der Waals surface area contributed by atoms with E-state index in [0.717, 1.165) is 12.8 Å². The molecular weight excluding hydrogens is 360 g/mol. The zero-order chi connectivity index (χ0) is 21.4. The maximum Gasteiger partial charge on any atom is 0.264 e. The van der Waals surface area contributed by atoms with Crippen LogP contribution in [0.3, 0.4) is 0 Å². The molecule has 1 aliphatic rings. The second-order valence-electron chi connectivity index (χ2n) is 8.75. The van der Waals surface area contributed by atoms with E-state index in [0.29, 0.717) is 12.2 Å². The molecule has 0 aromatic heterocycles. The van der Waals surface area contributed by atoms with Crippen molar-refractivity contribution in [3.05, 3.63) is 11.1 Å². The lowest BCUT2D eigenvalue weighted by molar-refractivity contribution is -0.122. The van der Waals surface area contributed by atoms with Crippen LogP contribution in [-0.4, -0.2) is 18.2 Å². The molecule has 0 saturated carbocycles. The van der Waals surface area contributed by atoms with E-state index in [1.807, 2.05) is 13.0 Å². The van der Waals surface area contributed by atoms with E-state index in [2.05, 4.69) is 12.2 Å². The lowest BCUT2D eigenvalue weighted by atomic mass is 10.0. The summed E-state index contributed by atoms with van der Waals surface area (Å²) in [5.41, 5.74) is 0.0819. The third-order valence-corrected chi connectivity index (χ3v) is 6.17. The standard InChI is InChI=1S/C25H44N2O2/c1-4-5-6-7-8-9-10-11-12-13-14-15-16-17-18-19-20-29-25(3)22(2)23(21-26)24(28)27-25/h4-20H2,1-3H3,(H,27,28). The van der Waals surface area contributed by atoms with Gasteiger partial charge in [-0.2, -0.15) is 5.26 Å². The minimum Gasteiger partial charge on any atom is -0.352 e. The van der Waals surface area contributed by atoms with Gasteiger partial charge in [0, 0.05) is 12.2 Å². The number of nitrogens with one attached hydrogen (secondary N) is 1. The smallest absolute Gasteiger partial charge is 0.264 e. The molecule has 0 fully saturated rings. The number of unbranched alkanes of at least 4 members (excludes halogenated alkanes) is 15. The molecule has 0 spiro atoms. The van der Waals surface area contributed by atoms with E-state index < -0.39 is 5.72 Å². The Balaban J connectivity index is 1.87. The van der Waals surface area contributed by atoms with Crippen molar-refractivity contribution >= 4 is 5.91 Å². The van der Waals surface area contributed by atoms with Crippen LogP contribution in [0.5, 0.6) is 0 Å². The number of hydrogen-bond acceptors (Lipinski definition) is 3. The molecule has 0 aromatic rings. The van der Waals surface area contributed by atoms with Gasteiger partial charge >= 0.3 is 0 Å². The molecule has 1 aliphatic heterocycles. The summed E-state index contributed by atoms with van der Waals surface area (Å²) in [4.78, 5) is 11.7. The Labute approximate surface area is 179 Å². The number of nitriles is 1. The topological polar surface area (TPSA) is 62.1 Å². The van der Waals surface area contributed by atoms with Crippen LogP contribution in [0.4, 0.5) is 0 Å². The van der Waals surface area contributed by atoms with Crippen LogP contribution in [0.1, 0.15) is 124 Å². The van der Waals surface area contributed by atoms with Crippen molar-refractivity contribution in [3.63, 3.8) is 0 Å². The van der Waals surface area contributed by atoms with Crippen LogP contribution in [0.15, 0.2) is 11.1 Å². The quantitative estimate of drug-likeness (QED) is 0.251. The van der Waals surface area contributed by atoms with Gasteiger partial charge in [-0.05, 0) is 20.3 Å². The highest BCUT2D eigenvalue weighted by atomic mass is 16.5. The van der Waals surface area contributed by atoms with Gasteiger partial charge < -0.3 is 10.1 Å². The summed E-state index contributed by atoms with van der Waals surface area (Å²) in [6.45, 7) is 6.52. The first-order valence-corrected chi connectivity index (χ1v) is 12.1. The van der Waals surface area contributed by atoms with Crippen molar-refractivity contribution in [1.82, 2.24) is 5.32 Å². The Morgan fingerprint density at radius 1 is 0.828 bits per heavy atom. The van der Waals surface area contributed by atoms with Gasteiger partial charge in [-0.15, -0.1) is 0 Å². The fourth-order valence-electron chi connectivity index (χ4n) is 3.99. The molecule has 1 heterocycles. The molecule has 1 unspecified atom stereocenters. The monoisotopic (exact) mass is 404 g/mol. The maximum atomic E-state index is 11.7. The predicted molar refractivity (Wildman–Crippen MR) is 120 cm³/mol. The van der Waals surface area contributed by atoms with Crippen molar-refractivity contribution in [2.45, 2.75) is 129 Å². The van der Waals surface area contributed by atoms with Crippen LogP contribution in [-0.2, 0) is 9.53 Å². The number of ether oxygens (including phenoxy) is 1. The molecule has 0 saturated heterocycles. The normalized spacial score (nSPS) is 18.9. The Morgan fingerprint density at radius 3 is 1.62 bits per heavy atom. The van der Waals surface area contributed by atoms with Crippen LogP contribution < -0.4 is 5.32 Å². The fourth-order valence-corrected chi connectivity index (χ4v) is 3.99. The Kier molecular flexibility index (Phi) is 13.7. The second-order valence-corrected chi connectivity index (χ2v) is 8.75. The van der Waals surface area contributed by atoms with Crippen molar-refractivity contribution in [2.24, 2.45) is 0 Å². The first-order chi connectivity index (χ1) is 14.0. The Hall–Kier alpha value is -1.34. The van der Waals surface area contributed by atoms with Gasteiger partial charge in [0.25, 0.3) is 5.91 Å². The minimum atomic E-state index is -0.808. The molecule has 1 amide bonds. The molecule has 1 rings (SSSR count). The summed E-state index contributed by atoms with van der Waals surface area (Å²) in [6, 6.07) is 1.96. The summed E-state index contributed by atoms with van der Waals surface area (Å²) < 4.78 is 5.88. The van der Waals surface area contributed by atoms with E-state index in [9.17, 15) is 4.79 Å². The summed E-state index contributed by atoms with van der Waals surface area (Å²) in [5.74, 6) is -0.320. The maximum absolute atomic E-state index is 11.7. The third-order valence-electron chi connectivity index (χ3n) is 6.17. The summed E-state index contributed by atoms with van der Waals surface area (Å²) in [7, 11) is 0. The highest BCUT2D eigenvalue weighted by molar-refractivity contribution is 6.01. The lowest BCUT2D eigenvalue weighted by Gasteiger charge is -2.26. The van der Waals surface area contributed by atoms with E-state index in [-0.39, 0.29) is 11.5 Å². The van der Waals surface area contributed by atoms with Gasteiger partial charge in [0.1, 0.15) is 11.6 Å². The number of amides is 1. The fraction of sp³-hybridized carbons (Fsp3) is 0.840. The van der Waals surface area contributed by atoms with Crippen molar-refractivity contribution in [3.8, 4) is 6.07 Å². The molecular formula is C25H44N2O2. The predicted octanol–water partition coefficient (Wildman–Crippen LogP) is 6.95. The Bertz CT molecular complexity index is 535. The number of hydrogen-bond donors (Lipinski definition) is 1. The first-order valence-electron chi connectivity index (χ1n) is 12.1. The van der Waals surface area contributed by atoms with Gasteiger partial charge in [-0.1, -0.05) is 103 Å². The largest absolute Gasteiger partial charge is 0.352 e. The van der Waals surface area contributed by atoms with Crippen LogP contribution >= 0.6 is 0 Å². The second kappa shape index (κ2) is 15.5. The van der Waals surface area contributed by atoms with E-state index >= 15 is 0 Å². The highest BCUT2D eigenvalue weighted by Gasteiger charge is 2.39. The van der Waals surface area contributed by atoms with Crippen LogP contribution in [0, 0.1) is 11.3 Å². The van der Waals surface area contributed by atoms with Crippen LogP contribution in [0.2, 0.25) is 0 Å². The minimum absolute atomic E-state index is 0.194. The van der Waals surface area contributed by atoms with Crippen molar-refractivity contribution in [1.29, 1.82) is 5.26 Å². The third kappa shape index (κ3) is 10.3. The highest BCUT2D eigenvalue weighted by Crippen LogP contribution is 2.28. The molecule has 1 N–H and O–H groups in total. The number of rotatable bonds is 18. The van der Waals surface area contributed by atoms with E-state index in [1.165, 1.54) is 89.9 Å². The van der Waals surface area contributed by atoms with Gasteiger partial charge in [0.05, 0.1) is 0 Å². The number of carbonyl (C=O) groups excluding carboxylic acids is 1. The first kappa shape index (κ1) is 25.7. The molecule has 4 nitrogen and oxygen atoms in total. The Morgan fingerprint density at radius 2 is 1.24 bits per heavy atom. The molecule has 166 valence electrons. The molecule has 0 aliphatic carbocycles. The van der Waals surface area contributed by atoms with Crippen molar-refractivity contribution < 1.29 is 9.53 Å². The molecule has 0 bridgehead atoms. The average Bonchev–Trinajstić information content (AvgIpc) is 2.92. The molecule has 0 aromatic carbocycles. The van der Waals surface area contributed by atoms with Gasteiger partial charge in [0.15, 0.2) is 5.72 Å². The van der Waals surface area contributed by atoms with E-state index in [4.69, 9.17) is 10.00 Å². The van der Waals surface area contributed by atoms with Gasteiger partial charge in [-0.25, -0.2) is 0 Å². The number of carbonyl (C=O) groups is 1. The molecule has 29 heavy (non-hydrogen) atoms. The van der Waals surface area contributed by atoms with E-state index in [1.54, 1.807) is 6.92 Å². The summed E-state index contributed by atoms with van der Waals surface area (Å²) in [5, 5.41) is 11.8. The van der Waals surface area contributed by atoms with Gasteiger partial charge in [-0.3, -0.25) is 4.79 Å². The summed E-state index contributed by atoms with van der Waals surface area (Å²) in [6.07, 6.45) is 21.6. The molecule has 1 atom stereocenters. The zero-order valence-corrected chi connectivity index (χ0v) is 19.3.